The van der Waals surface area contributed by atoms with Crippen LogP contribution in [-0.2, 0) is 10.0 Å². The minimum atomic E-state index is -3.63. The van der Waals surface area contributed by atoms with Crippen molar-refractivity contribution >= 4 is 33.0 Å². The zero-order chi connectivity index (χ0) is 13.3. The summed E-state index contributed by atoms with van der Waals surface area (Å²) in [5, 5.41) is 8.95. The van der Waals surface area contributed by atoms with Gasteiger partial charge in [-0.25, -0.2) is 18.1 Å². The Morgan fingerprint density at radius 3 is 2.83 bits per heavy atom. The monoisotopic (exact) mass is 305 g/mol. The molecule has 1 saturated carbocycles. The van der Waals surface area contributed by atoms with E-state index in [1.165, 1.54) is 0 Å². The minimum Gasteiger partial charge on any atom is -0.229 e. The number of thiazole rings is 1. The van der Waals surface area contributed by atoms with E-state index in [0.717, 1.165) is 24.2 Å². The normalized spacial score (nSPS) is 24.1. The minimum absolute atomic E-state index is 0.135. The molecule has 1 fully saturated rings. The quantitative estimate of drug-likeness (QED) is 0.926. The van der Waals surface area contributed by atoms with Crippen molar-refractivity contribution in [2.45, 2.75) is 36.4 Å². The first kappa shape index (κ1) is 13.7. The third kappa shape index (κ3) is 2.67. The molecule has 1 N–H and O–H groups in total. The van der Waals surface area contributed by atoms with Crippen molar-refractivity contribution in [1.82, 2.24) is 9.71 Å². The molecule has 0 saturated heterocycles. The van der Waals surface area contributed by atoms with E-state index in [4.69, 9.17) is 16.9 Å². The largest absolute Gasteiger partial charge is 0.252 e. The van der Waals surface area contributed by atoms with Gasteiger partial charge in [-0.05, 0) is 19.8 Å². The number of aryl methyl sites for hydroxylation is 1. The predicted molar refractivity (Wildman–Crippen MR) is 68.9 cm³/mol. The van der Waals surface area contributed by atoms with Gasteiger partial charge in [0.25, 0.3) is 10.0 Å². The SMILES string of the molecule is Cc1nc(Cl)sc1S(=O)(=O)NC1CCCC1C#N. The van der Waals surface area contributed by atoms with Crippen molar-refractivity contribution in [2.24, 2.45) is 5.92 Å². The van der Waals surface area contributed by atoms with Gasteiger partial charge in [0.05, 0.1) is 17.7 Å². The van der Waals surface area contributed by atoms with Gasteiger partial charge in [-0.1, -0.05) is 29.4 Å². The highest BCUT2D eigenvalue weighted by Crippen LogP contribution is 2.30. The first-order valence-corrected chi connectivity index (χ1v) is 8.16. The Balaban J connectivity index is 2.23. The highest BCUT2D eigenvalue weighted by molar-refractivity contribution is 7.91. The summed E-state index contributed by atoms with van der Waals surface area (Å²) in [5.74, 6) is -0.247. The molecule has 0 aromatic carbocycles. The van der Waals surface area contributed by atoms with Crippen molar-refractivity contribution in [1.29, 1.82) is 5.26 Å². The summed E-state index contributed by atoms with van der Waals surface area (Å²) in [7, 11) is -3.63. The summed E-state index contributed by atoms with van der Waals surface area (Å²) < 4.78 is 27.3. The second-order valence-electron chi connectivity index (χ2n) is 4.23. The average molecular weight is 306 g/mol. The summed E-state index contributed by atoms with van der Waals surface area (Å²) in [6.07, 6.45) is 2.31. The van der Waals surface area contributed by atoms with Crippen LogP contribution in [0.15, 0.2) is 4.21 Å². The zero-order valence-electron chi connectivity index (χ0n) is 9.68. The number of aromatic nitrogens is 1. The van der Waals surface area contributed by atoms with Gasteiger partial charge in [-0.3, -0.25) is 0 Å². The van der Waals surface area contributed by atoms with Gasteiger partial charge in [0.2, 0.25) is 0 Å². The Hall–Kier alpha value is -0.680. The molecule has 1 heterocycles. The fourth-order valence-corrected chi connectivity index (χ4v) is 5.18. The molecule has 98 valence electrons. The molecule has 18 heavy (non-hydrogen) atoms. The van der Waals surface area contributed by atoms with Crippen LogP contribution in [0.4, 0.5) is 0 Å². The fourth-order valence-electron chi connectivity index (χ4n) is 2.11. The number of hydrogen-bond acceptors (Lipinski definition) is 5. The fraction of sp³-hybridized carbons (Fsp3) is 0.600. The van der Waals surface area contributed by atoms with Crippen molar-refractivity contribution in [2.75, 3.05) is 0 Å². The first-order valence-electron chi connectivity index (χ1n) is 5.49. The van der Waals surface area contributed by atoms with Crippen LogP contribution in [0.2, 0.25) is 4.47 Å². The van der Waals surface area contributed by atoms with Gasteiger partial charge in [-0.2, -0.15) is 5.26 Å². The maximum Gasteiger partial charge on any atom is 0.252 e. The van der Waals surface area contributed by atoms with Crippen molar-refractivity contribution in [3.05, 3.63) is 10.2 Å². The molecule has 2 atom stereocenters. The molecular formula is C10H12ClN3O2S2. The van der Waals surface area contributed by atoms with E-state index in [9.17, 15) is 8.42 Å². The zero-order valence-corrected chi connectivity index (χ0v) is 12.1. The van der Waals surface area contributed by atoms with Gasteiger partial charge in [-0.15, -0.1) is 0 Å². The Kier molecular flexibility index (Phi) is 3.92. The molecular weight excluding hydrogens is 294 g/mol. The van der Waals surface area contributed by atoms with Gasteiger partial charge in [0, 0.05) is 6.04 Å². The molecule has 0 bridgehead atoms. The molecule has 1 aromatic heterocycles. The van der Waals surface area contributed by atoms with Crippen molar-refractivity contribution in [3.63, 3.8) is 0 Å². The maximum absolute atomic E-state index is 12.2. The number of nitriles is 1. The third-order valence-corrected chi connectivity index (χ3v) is 6.32. The van der Waals surface area contributed by atoms with Crippen molar-refractivity contribution < 1.29 is 8.42 Å². The van der Waals surface area contributed by atoms with E-state index in [0.29, 0.717) is 12.1 Å². The number of sulfonamides is 1. The lowest BCUT2D eigenvalue weighted by Crippen LogP contribution is -2.36. The van der Waals surface area contributed by atoms with Crippen molar-refractivity contribution in [3.8, 4) is 6.07 Å². The first-order chi connectivity index (χ1) is 8.44. The summed E-state index contributed by atoms with van der Waals surface area (Å²) in [4.78, 5) is 3.89. The maximum atomic E-state index is 12.2. The van der Waals surface area contributed by atoms with Gasteiger partial charge in [0.15, 0.2) is 8.68 Å². The number of hydrogen-bond donors (Lipinski definition) is 1. The standard InChI is InChI=1S/C10H12ClN3O2S2/c1-6-9(17-10(11)13-6)18(15,16)14-8-4-2-3-7(8)5-12/h7-8,14H,2-4H2,1H3. The number of nitrogens with zero attached hydrogens (tertiary/aromatic N) is 2. The van der Waals surface area contributed by atoms with Crippen LogP contribution in [-0.4, -0.2) is 19.4 Å². The molecule has 0 aliphatic heterocycles. The summed E-state index contributed by atoms with van der Waals surface area (Å²) in [6, 6.07) is 1.84. The van der Waals surface area contributed by atoms with E-state index in [-0.39, 0.29) is 20.6 Å². The van der Waals surface area contributed by atoms with E-state index >= 15 is 0 Å². The van der Waals surface area contributed by atoms with Gasteiger partial charge < -0.3 is 0 Å². The lowest BCUT2D eigenvalue weighted by Gasteiger charge is -2.14. The summed E-state index contributed by atoms with van der Waals surface area (Å²) in [5.41, 5.74) is 0.393. The molecule has 2 rings (SSSR count). The number of halogens is 1. The van der Waals surface area contributed by atoms with Gasteiger partial charge in [0.1, 0.15) is 0 Å². The second-order valence-corrected chi connectivity index (χ2v) is 7.72. The van der Waals surface area contributed by atoms with E-state index in [1.54, 1.807) is 6.92 Å². The topological polar surface area (TPSA) is 82.8 Å². The smallest absolute Gasteiger partial charge is 0.229 e. The molecule has 1 aliphatic carbocycles. The van der Waals surface area contributed by atoms with Crippen LogP contribution in [0.1, 0.15) is 25.0 Å². The average Bonchev–Trinajstić information content (AvgIpc) is 2.84. The molecule has 0 amide bonds. The Morgan fingerprint density at radius 2 is 2.28 bits per heavy atom. The van der Waals surface area contributed by atoms with E-state index < -0.39 is 10.0 Å². The third-order valence-electron chi connectivity index (χ3n) is 2.96. The molecule has 0 spiro atoms. The van der Waals surface area contributed by atoms with E-state index in [1.807, 2.05) is 0 Å². The molecule has 0 radical (unpaired) electrons. The predicted octanol–water partition coefficient (Wildman–Crippen LogP) is 2.08. The lowest BCUT2D eigenvalue weighted by atomic mass is 10.1. The Bertz CT molecular complexity index is 591. The van der Waals surface area contributed by atoms with Crippen LogP contribution in [0.5, 0.6) is 0 Å². The Morgan fingerprint density at radius 1 is 1.56 bits per heavy atom. The van der Waals surface area contributed by atoms with Crippen LogP contribution >= 0.6 is 22.9 Å². The Labute approximate surface area is 115 Å². The van der Waals surface area contributed by atoms with E-state index in [2.05, 4.69) is 15.8 Å². The molecule has 8 heteroatoms. The van der Waals surface area contributed by atoms with Gasteiger partial charge >= 0.3 is 0 Å². The van der Waals surface area contributed by atoms with Crippen LogP contribution < -0.4 is 4.72 Å². The molecule has 5 nitrogen and oxygen atoms in total. The molecule has 2 unspecified atom stereocenters. The highest BCUT2D eigenvalue weighted by atomic mass is 35.5. The van der Waals surface area contributed by atoms with Crippen LogP contribution in [0.3, 0.4) is 0 Å². The highest BCUT2D eigenvalue weighted by Gasteiger charge is 2.32. The molecule has 1 aliphatic rings. The number of nitrogens with one attached hydrogen (secondary N) is 1. The van der Waals surface area contributed by atoms with Crippen LogP contribution in [0, 0.1) is 24.2 Å². The second kappa shape index (κ2) is 5.13. The summed E-state index contributed by atoms with van der Waals surface area (Å²) >= 11 is 6.64. The number of rotatable bonds is 3. The van der Waals surface area contributed by atoms with Crippen LogP contribution in [0.25, 0.3) is 0 Å². The molecule has 1 aromatic rings. The lowest BCUT2D eigenvalue weighted by molar-refractivity contribution is 0.516. The summed E-state index contributed by atoms with van der Waals surface area (Å²) in [6.45, 7) is 1.60.